The molecule has 1 N–H and O–H groups in total. The summed E-state index contributed by atoms with van der Waals surface area (Å²) in [6.07, 6.45) is 2.89. The minimum absolute atomic E-state index is 0.150. The summed E-state index contributed by atoms with van der Waals surface area (Å²) in [5.74, 6) is 0.693. The van der Waals surface area contributed by atoms with Crippen LogP contribution in [0.2, 0.25) is 5.02 Å². The molecule has 2 heterocycles. The number of pyridine rings is 1. The third-order valence-corrected chi connectivity index (χ3v) is 6.31. The van der Waals surface area contributed by atoms with Gasteiger partial charge in [-0.15, -0.1) is 0 Å². The summed E-state index contributed by atoms with van der Waals surface area (Å²) in [4.78, 5) is 4.45. The maximum atomic E-state index is 12.7. The molecule has 6 nitrogen and oxygen atoms in total. The highest BCUT2D eigenvalue weighted by Crippen LogP contribution is 2.23. The monoisotopic (exact) mass is 376 g/mol. The van der Waals surface area contributed by atoms with Crippen LogP contribution in [-0.4, -0.2) is 36.8 Å². The van der Waals surface area contributed by atoms with E-state index >= 15 is 0 Å². The van der Waals surface area contributed by atoms with Crippen LogP contribution >= 0.6 is 11.6 Å². The fourth-order valence-corrected chi connectivity index (χ4v) is 4.35. The molecule has 0 amide bonds. The summed E-state index contributed by atoms with van der Waals surface area (Å²) in [6, 6.07) is 11.9. The number of hydrogen-bond donors (Lipinski definition) is 1. The van der Waals surface area contributed by atoms with E-state index in [1.807, 2.05) is 6.07 Å². The highest BCUT2D eigenvalue weighted by atomic mass is 35.5. The fourth-order valence-electron chi connectivity index (χ4n) is 2.75. The SMILES string of the molecule is N#Cc1ccc(NC2CCN(S(=O)(=O)c3ccc(Cl)cc3)CC2)nc1. The van der Waals surface area contributed by atoms with Gasteiger partial charge in [-0.1, -0.05) is 11.6 Å². The molecule has 0 atom stereocenters. The Hall–Kier alpha value is -2.14. The zero-order valence-electron chi connectivity index (χ0n) is 13.4. The first-order valence-electron chi connectivity index (χ1n) is 7.87. The minimum atomic E-state index is -3.49. The molecule has 3 rings (SSSR count). The molecule has 0 saturated carbocycles. The van der Waals surface area contributed by atoms with Gasteiger partial charge in [0.05, 0.1) is 10.5 Å². The Morgan fingerprint density at radius 2 is 1.84 bits per heavy atom. The first-order chi connectivity index (χ1) is 12.0. The second kappa shape index (κ2) is 7.40. The van der Waals surface area contributed by atoms with Crippen molar-refractivity contribution in [2.75, 3.05) is 18.4 Å². The van der Waals surface area contributed by atoms with Crippen LogP contribution in [0.25, 0.3) is 0 Å². The van der Waals surface area contributed by atoms with Crippen molar-refractivity contribution in [2.45, 2.75) is 23.8 Å². The van der Waals surface area contributed by atoms with Crippen molar-refractivity contribution in [3.05, 3.63) is 53.2 Å². The molecule has 0 aliphatic carbocycles. The normalized spacial score (nSPS) is 16.3. The predicted octanol–water partition coefficient (Wildman–Crippen LogP) is 2.87. The average Bonchev–Trinajstić information content (AvgIpc) is 2.63. The van der Waals surface area contributed by atoms with Crippen molar-refractivity contribution < 1.29 is 8.42 Å². The second-order valence-electron chi connectivity index (χ2n) is 5.82. The van der Waals surface area contributed by atoms with Gasteiger partial charge in [-0.25, -0.2) is 13.4 Å². The molecule has 8 heteroatoms. The van der Waals surface area contributed by atoms with Crippen LogP contribution in [0.1, 0.15) is 18.4 Å². The highest BCUT2D eigenvalue weighted by Gasteiger charge is 2.29. The number of piperidine rings is 1. The molecule has 1 saturated heterocycles. The van der Waals surface area contributed by atoms with Crippen LogP contribution in [0.4, 0.5) is 5.82 Å². The second-order valence-corrected chi connectivity index (χ2v) is 8.19. The molecule has 1 aromatic heterocycles. The molecule has 1 aromatic carbocycles. The van der Waals surface area contributed by atoms with E-state index in [0.717, 1.165) is 0 Å². The predicted molar refractivity (Wildman–Crippen MR) is 95.8 cm³/mol. The van der Waals surface area contributed by atoms with E-state index in [2.05, 4.69) is 10.3 Å². The Kier molecular flexibility index (Phi) is 5.23. The number of hydrogen-bond acceptors (Lipinski definition) is 5. The number of nitrogens with one attached hydrogen (secondary N) is 1. The lowest BCUT2D eigenvalue weighted by Crippen LogP contribution is -2.42. The van der Waals surface area contributed by atoms with Gasteiger partial charge < -0.3 is 5.32 Å². The maximum Gasteiger partial charge on any atom is 0.243 e. The van der Waals surface area contributed by atoms with Gasteiger partial charge in [0.25, 0.3) is 0 Å². The minimum Gasteiger partial charge on any atom is -0.367 e. The van der Waals surface area contributed by atoms with Crippen LogP contribution in [0.3, 0.4) is 0 Å². The Labute approximate surface area is 152 Å². The van der Waals surface area contributed by atoms with Crippen molar-refractivity contribution in [1.82, 2.24) is 9.29 Å². The van der Waals surface area contributed by atoms with E-state index in [9.17, 15) is 8.42 Å². The van der Waals surface area contributed by atoms with E-state index in [4.69, 9.17) is 16.9 Å². The molecule has 1 fully saturated rings. The van der Waals surface area contributed by atoms with Gasteiger partial charge >= 0.3 is 0 Å². The van der Waals surface area contributed by atoms with Gasteiger partial charge in [0.15, 0.2) is 0 Å². The Balaban J connectivity index is 1.61. The molecule has 0 unspecified atom stereocenters. The molecule has 0 radical (unpaired) electrons. The summed E-state index contributed by atoms with van der Waals surface area (Å²) >= 11 is 5.82. The van der Waals surface area contributed by atoms with Crippen LogP contribution in [0.5, 0.6) is 0 Å². The Bertz CT molecular complexity index is 868. The summed E-state index contributed by atoms with van der Waals surface area (Å²) in [6.45, 7) is 0.887. The standard InChI is InChI=1S/C17H17ClN4O2S/c18-14-2-4-16(5-3-14)25(23,24)22-9-7-15(8-10-22)21-17-6-1-13(11-19)12-20-17/h1-6,12,15H,7-10H2,(H,20,21). The third-order valence-electron chi connectivity index (χ3n) is 4.15. The van der Waals surface area contributed by atoms with Gasteiger partial charge in [0.2, 0.25) is 10.0 Å². The number of nitrogens with zero attached hydrogens (tertiary/aromatic N) is 3. The van der Waals surface area contributed by atoms with Crippen molar-refractivity contribution in [2.24, 2.45) is 0 Å². The summed E-state index contributed by atoms with van der Waals surface area (Å²) in [5.41, 5.74) is 0.509. The Morgan fingerprint density at radius 1 is 1.16 bits per heavy atom. The molecular weight excluding hydrogens is 360 g/mol. The highest BCUT2D eigenvalue weighted by molar-refractivity contribution is 7.89. The van der Waals surface area contributed by atoms with E-state index < -0.39 is 10.0 Å². The largest absolute Gasteiger partial charge is 0.367 e. The lowest BCUT2D eigenvalue weighted by molar-refractivity contribution is 0.329. The van der Waals surface area contributed by atoms with Crippen LogP contribution < -0.4 is 5.32 Å². The number of halogens is 1. The van der Waals surface area contributed by atoms with Gasteiger partial charge in [0, 0.05) is 30.4 Å². The molecule has 0 bridgehead atoms. The van der Waals surface area contributed by atoms with E-state index in [1.54, 1.807) is 24.3 Å². The van der Waals surface area contributed by atoms with Crippen LogP contribution in [-0.2, 0) is 10.0 Å². The fraction of sp³-hybridized carbons (Fsp3) is 0.294. The molecule has 130 valence electrons. The lowest BCUT2D eigenvalue weighted by atomic mass is 10.1. The average molecular weight is 377 g/mol. The maximum absolute atomic E-state index is 12.7. The van der Waals surface area contributed by atoms with E-state index in [0.29, 0.717) is 42.3 Å². The number of rotatable bonds is 4. The van der Waals surface area contributed by atoms with E-state index in [1.165, 1.54) is 22.6 Å². The zero-order valence-corrected chi connectivity index (χ0v) is 15.0. The number of benzene rings is 1. The number of nitriles is 1. The molecular formula is C17H17ClN4O2S. The van der Waals surface area contributed by atoms with Gasteiger partial charge in [-0.3, -0.25) is 0 Å². The Morgan fingerprint density at radius 3 is 2.40 bits per heavy atom. The smallest absolute Gasteiger partial charge is 0.243 e. The molecule has 1 aliphatic heterocycles. The van der Waals surface area contributed by atoms with Gasteiger partial charge in [0.1, 0.15) is 11.9 Å². The van der Waals surface area contributed by atoms with Crippen molar-refractivity contribution >= 4 is 27.4 Å². The zero-order chi connectivity index (χ0) is 17.9. The summed E-state index contributed by atoms with van der Waals surface area (Å²) < 4.78 is 26.8. The lowest BCUT2D eigenvalue weighted by Gasteiger charge is -2.31. The van der Waals surface area contributed by atoms with Crippen molar-refractivity contribution in [1.29, 1.82) is 5.26 Å². The van der Waals surface area contributed by atoms with Crippen molar-refractivity contribution in [3.63, 3.8) is 0 Å². The number of sulfonamides is 1. The summed E-state index contributed by atoms with van der Waals surface area (Å²) in [5, 5.41) is 12.6. The molecule has 25 heavy (non-hydrogen) atoms. The molecule has 1 aliphatic rings. The van der Waals surface area contributed by atoms with Gasteiger partial charge in [-0.05, 0) is 49.2 Å². The quantitative estimate of drug-likeness (QED) is 0.886. The molecule has 0 spiro atoms. The topological polar surface area (TPSA) is 86.1 Å². The summed E-state index contributed by atoms with van der Waals surface area (Å²) in [7, 11) is -3.49. The van der Waals surface area contributed by atoms with Crippen LogP contribution in [0.15, 0.2) is 47.5 Å². The number of aromatic nitrogens is 1. The molecule has 2 aromatic rings. The number of anilines is 1. The van der Waals surface area contributed by atoms with E-state index in [-0.39, 0.29) is 10.9 Å². The van der Waals surface area contributed by atoms with Crippen LogP contribution in [0, 0.1) is 11.3 Å². The van der Waals surface area contributed by atoms with Crippen molar-refractivity contribution in [3.8, 4) is 6.07 Å². The first kappa shape index (κ1) is 17.7. The van der Waals surface area contributed by atoms with Gasteiger partial charge in [-0.2, -0.15) is 9.57 Å². The first-order valence-corrected chi connectivity index (χ1v) is 9.69. The third kappa shape index (κ3) is 4.10.